The summed E-state index contributed by atoms with van der Waals surface area (Å²) < 4.78 is 3.56. The fraction of sp³-hybridized carbons (Fsp3) is 0.143. The van der Waals surface area contributed by atoms with Crippen LogP contribution in [0.2, 0.25) is 0 Å². The molecule has 0 amide bonds. The normalized spacial score (nSPS) is 11.0. The lowest BCUT2D eigenvalue weighted by molar-refractivity contribution is 0.0697. The molecule has 7 heteroatoms. The van der Waals surface area contributed by atoms with E-state index in [1.165, 1.54) is 11.1 Å². The van der Waals surface area contributed by atoms with Crippen molar-refractivity contribution in [2.24, 2.45) is 0 Å². The SMILES string of the molecule is O=C(O)c1cnn(-c2ccccc2)c1-n1cccc1CNCCc1cccs1. The van der Waals surface area contributed by atoms with E-state index in [-0.39, 0.29) is 5.56 Å². The number of aromatic carboxylic acids is 1. The van der Waals surface area contributed by atoms with Gasteiger partial charge >= 0.3 is 5.97 Å². The Labute approximate surface area is 166 Å². The number of aromatic nitrogens is 3. The minimum atomic E-state index is -0.998. The molecule has 0 atom stereocenters. The van der Waals surface area contributed by atoms with Gasteiger partial charge in [0.05, 0.1) is 11.9 Å². The van der Waals surface area contributed by atoms with Crippen LogP contribution in [0.15, 0.2) is 72.4 Å². The van der Waals surface area contributed by atoms with Gasteiger partial charge in [0, 0.05) is 29.9 Å². The zero-order valence-corrected chi connectivity index (χ0v) is 16.0. The van der Waals surface area contributed by atoms with Crippen molar-refractivity contribution in [3.63, 3.8) is 0 Å². The first-order valence-electron chi connectivity index (χ1n) is 9.00. The van der Waals surface area contributed by atoms with Gasteiger partial charge in [-0.25, -0.2) is 9.48 Å². The first kappa shape index (κ1) is 18.2. The number of para-hydroxylation sites is 1. The van der Waals surface area contributed by atoms with E-state index in [9.17, 15) is 9.90 Å². The van der Waals surface area contributed by atoms with Crippen molar-refractivity contribution in [3.05, 3.63) is 88.5 Å². The second kappa shape index (κ2) is 8.24. The summed E-state index contributed by atoms with van der Waals surface area (Å²) in [5.74, 6) is -0.471. The van der Waals surface area contributed by atoms with E-state index in [1.54, 1.807) is 16.0 Å². The lowest BCUT2D eigenvalue weighted by Crippen LogP contribution is -2.19. The number of hydrogen-bond donors (Lipinski definition) is 2. The lowest BCUT2D eigenvalue weighted by atomic mass is 10.3. The molecule has 1 aromatic carbocycles. The van der Waals surface area contributed by atoms with Crippen LogP contribution >= 0.6 is 11.3 Å². The molecule has 0 fully saturated rings. The molecule has 0 saturated carbocycles. The minimum absolute atomic E-state index is 0.167. The number of carboxylic acid groups (broad SMARTS) is 1. The number of nitrogens with one attached hydrogen (secondary N) is 1. The van der Waals surface area contributed by atoms with Crippen molar-refractivity contribution in [3.8, 4) is 11.5 Å². The van der Waals surface area contributed by atoms with E-state index < -0.39 is 5.97 Å². The number of carboxylic acids is 1. The van der Waals surface area contributed by atoms with Gasteiger partial charge in [0.25, 0.3) is 0 Å². The Morgan fingerprint density at radius 1 is 1.11 bits per heavy atom. The van der Waals surface area contributed by atoms with Gasteiger partial charge < -0.3 is 15.0 Å². The van der Waals surface area contributed by atoms with Crippen LogP contribution in [0.25, 0.3) is 11.5 Å². The Morgan fingerprint density at radius 3 is 2.71 bits per heavy atom. The monoisotopic (exact) mass is 392 g/mol. The molecule has 142 valence electrons. The Morgan fingerprint density at radius 2 is 1.96 bits per heavy atom. The Hall–Kier alpha value is -3.16. The summed E-state index contributed by atoms with van der Waals surface area (Å²) in [7, 11) is 0. The van der Waals surface area contributed by atoms with Gasteiger partial charge in [0.15, 0.2) is 5.82 Å². The second-order valence-corrected chi connectivity index (χ2v) is 7.34. The molecule has 0 bridgehead atoms. The molecule has 0 saturated heterocycles. The smallest absolute Gasteiger partial charge is 0.341 e. The molecule has 0 radical (unpaired) electrons. The molecule has 3 aromatic heterocycles. The fourth-order valence-corrected chi connectivity index (χ4v) is 3.84. The van der Waals surface area contributed by atoms with E-state index in [4.69, 9.17) is 0 Å². The number of thiophene rings is 1. The van der Waals surface area contributed by atoms with Gasteiger partial charge in [-0.05, 0) is 42.1 Å². The third-order valence-electron chi connectivity index (χ3n) is 4.47. The maximum Gasteiger partial charge on any atom is 0.341 e. The first-order chi connectivity index (χ1) is 13.7. The zero-order chi connectivity index (χ0) is 19.3. The first-order valence-corrected chi connectivity index (χ1v) is 9.88. The quantitative estimate of drug-likeness (QED) is 0.448. The largest absolute Gasteiger partial charge is 0.477 e. The van der Waals surface area contributed by atoms with Crippen molar-refractivity contribution in [1.29, 1.82) is 0 Å². The molecular weight excluding hydrogens is 372 g/mol. The van der Waals surface area contributed by atoms with E-state index in [2.05, 4.69) is 27.9 Å². The number of rotatable bonds is 8. The summed E-state index contributed by atoms with van der Waals surface area (Å²) in [6.45, 7) is 1.49. The van der Waals surface area contributed by atoms with Crippen LogP contribution in [0.5, 0.6) is 0 Å². The predicted octanol–water partition coefficient (Wildman–Crippen LogP) is 3.76. The maximum absolute atomic E-state index is 11.8. The second-order valence-electron chi connectivity index (χ2n) is 6.31. The van der Waals surface area contributed by atoms with Crippen LogP contribution in [0.4, 0.5) is 0 Å². The van der Waals surface area contributed by atoms with Crippen LogP contribution in [0.3, 0.4) is 0 Å². The fourth-order valence-electron chi connectivity index (χ4n) is 3.13. The van der Waals surface area contributed by atoms with Crippen molar-refractivity contribution in [1.82, 2.24) is 19.7 Å². The highest BCUT2D eigenvalue weighted by Crippen LogP contribution is 2.22. The van der Waals surface area contributed by atoms with Gasteiger partial charge in [0.1, 0.15) is 5.56 Å². The van der Waals surface area contributed by atoms with E-state index >= 15 is 0 Å². The summed E-state index contributed by atoms with van der Waals surface area (Å²) in [6, 6.07) is 17.7. The number of hydrogen-bond acceptors (Lipinski definition) is 4. The van der Waals surface area contributed by atoms with E-state index in [0.717, 1.165) is 24.3 Å². The lowest BCUT2D eigenvalue weighted by Gasteiger charge is -2.14. The zero-order valence-electron chi connectivity index (χ0n) is 15.2. The Kier molecular flexibility index (Phi) is 5.36. The van der Waals surface area contributed by atoms with Crippen molar-refractivity contribution in [2.45, 2.75) is 13.0 Å². The topological polar surface area (TPSA) is 72.1 Å². The molecule has 2 N–H and O–H groups in total. The van der Waals surface area contributed by atoms with E-state index in [0.29, 0.717) is 12.4 Å². The van der Waals surface area contributed by atoms with Crippen LogP contribution in [0.1, 0.15) is 20.9 Å². The third-order valence-corrected chi connectivity index (χ3v) is 5.41. The number of nitrogens with zero attached hydrogens (tertiary/aromatic N) is 3. The summed E-state index contributed by atoms with van der Waals surface area (Å²) in [6.07, 6.45) is 4.25. The molecule has 0 aliphatic carbocycles. The average Bonchev–Trinajstić information content (AvgIpc) is 3.45. The van der Waals surface area contributed by atoms with Gasteiger partial charge in [0.2, 0.25) is 0 Å². The maximum atomic E-state index is 11.8. The molecule has 28 heavy (non-hydrogen) atoms. The van der Waals surface area contributed by atoms with Crippen molar-refractivity contribution >= 4 is 17.3 Å². The molecule has 4 aromatic rings. The minimum Gasteiger partial charge on any atom is -0.477 e. The molecular formula is C21H20N4O2S. The highest BCUT2D eigenvalue weighted by atomic mass is 32.1. The molecule has 0 spiro atoms. The van der Waals surface area contributed by atoms with Gasteiger partial charge in [-0.15, -0.1) is 11.3 Å². The van der Waals surface area contributed by atoms with Gasteiger partial charge in [-0.3, -0.25) is 0 Å². The predicted molar refractivity (Wildman–Crippen MR) is 110 cm³/mol. The Bertz CT molecular complexity index is 1050. The van der Waals surface area contributed by atoms with Crippen LogP contribution in [0, 0.1) is 0 Å². The van der Waals surface area contributed by atoms with Gasteiger partial charge in [-0.2, -0.15) is 5.10 Å². The van der Waals surface area contributed by atoms with Crippen LogP contribution < -0.4 is 5.32 Å². The number of carbonyl (C=O) groups is 1. The summed E-state index contributed by atoms with van der Waals surface area (Å²) >= 11 is 1.75. The van der Waals surface area contributed by atoms with Crippen LogP contribution in [-0.2, 0) is 13.0 Å². The molecule has 3 heterocycles. The van der Waals surface area contributed by atoms with Crippen molar-refractivity contribution in [2.75, 3.05) is 6.54 Å². The van der Waals surface area contributed by atoms with Crippen LogP contribution in [-0.4, -0.2) is 32.0 Å². The van der Waals surface area contributed by atoms with Crippen molar-refractivity contribution < 1.29 is 9.90 Å². The highest BCUT2D eigenvalue weighted by Gasteiger charge is 2.20. The average molecular weight is 392 g/mol. The molecule has 4 rings (SSSR count). The molecule has 0 unspecified atom stereocenters. The van der Waals surface area contributed by atoms with E-state index in [1.807, 2.05) is 53.2 Å². The summed E-state index contributed by atoms with van der Waals surface area (Å²) in [4.78, 5) is 13.1. The highest BCUT2D eigenvalue weighted by molar-refractivity contribution is 7.09. The number of benzene rings is 1. The third kappa shape index (κ3) is 3.76. The molecule has 0 aliphatic rings. The summed E-state index contributed by atoms with van der Waals surface area (Å²) in [5, 5.41) is 19.5. The van der Waals surface area contributed by atoms with Gasteiger partial charge in [-0.1, -0.05) is 24.3 Å². The molecule has 0 aliphatic heterocycles. The Balaban J connectivity index is 1.60. The summed E-state index contributed by atoms with van der Waals surface area (Å²) in [5.41, 5.74) is 1.96. The molecule has 6 nitrogen and oxygen atoms in total. The standard InChI is InChI=1S/C21H20N4O2S/c26-21(27)19-15-23-25(16-6-2-1-3-7-16)20(19)24-12-4-8-17(24)14-22-11-10-18-9-5-13-28-18/h1-9,12-13,15,22H,10-11,14H2,(H,26,27).